The zero-order chi connectivity index (χ0) is 11.6. The van der Waals surface area contributed by atoms with Gasteiger partial charge in [-0.3, -0.25) is 0 Å². The summed E-state index contributed by atoms with van der Waals surface area (Å²) >= 11 is 6.05. The highest BCUT2D eigenvalue weighted by atomic mass is 35.5. The highest BCUT2D eigenvalue weighted by molar-refractivity contribution is 6.30. The molecule has 0 spiro atoms. The number of halogens is 1. The van der Waals surface area contributed by atoms with Crippen molar-refractivity contribution in [3.63, 3.8) is 0 Å². The molecule has 2 atom stereocenters. The van der Waals surface area contributed by atoms with E-state index in [0.29, 0.717) is 0 Å². The third-order valence-corrected chi connectivity index (χ3v) is 4.25. The van der Waals surface area contributed by atoms with Crippen LogP contribution in [0.5, 0.6) is 0 Å². The number of hydrogen-bond acceptors (Lipinski definition) is 1. The normalized spacial score (nSPS) is 30.3. The minimum absolute atomic E-state index is 0.0663. The molecule has 1 saturated carbocycles. The Morgan fingerprint density at radius 3 is 2.88 bits per heavy atom. The smallest absolute Gasteiger partial charge is 0.0636 e. The van der Waals surface area contributed by atoms with Gasteiger partial charge >= 0.3 is 0 Å². The molecule has 1 nitrogen and oxygen atoms in total. The zero-order valence-corrected chi connectivity index (χ0v) is 10.5. The van der Waals surface area contributed by atoms with Gasteiger partial charge in [0.2, 0.25) is 0 Å². The lowest BCUT2D eigenvalue weighted by Crippen LogP contribution is -2.41. The molecule has 1 aliphatic rings. The third-order valence-electron chi connectivity index (χ3n) is 4.02. The fourth-order valence-corrected chi connectivity index (χ4v) is 3.16. The lowest BCUT2D eigenvalue weighted by molar-refractivity contribution is 0.0391. The van der Waals surface area contributed by atoms with E-state index in [4.69, 9.17) is 11.6 Å². The van der Waals surface area contributed by atoms with Crippen molar-refractivity contribution in [2.24, 2.45) is 0 Å². The van der Waals surface area contributed by atoms with E-state index < -0.39 is 0 Å². The van der Waals surface area contributed by atoms with Gasteiger partial charge in [0.1, 0.15) is 0 Å². The second kappa shape index (κ2) is 4.77. The minimum Gasteiger partial charge on any atom is -0.392 e. The molecule has 16 heavy (non-hydrogen) atoms. The van der Waals surface area contributed by atoms with E-state index in [9.17, 15) is 5.11 Å². The topological polar surface area (TPSA) is 20.2 Å². The maximum atomic E-state index is 10.3. The summed E-state index contributed by atoms with van der Waals surface area (Å²) in [5, 5.41) is 11.1. The van der Waals surface area contributed by atoms with E-state index in [-0.39, 0.29) is 11.5 Å². The molecular weight excluding hydrogens is 220 g/mol. The molecule has 0 radical (unpaired) electrons. The summed E-state index contributed by atoms with van der Waals surface area (Å²) in [6, 6.07) is 7.99. The summed E-state index contributed by atoms with van der Waals surface area (Å²) in [5.41, 5.74) is 1.14. The number of rotatable bonds is 2. The van der Waals surface area contributed by atoms with Gasteiger partial charge in [-0.15, -0.1) is 0 Å². The summed E-state index contributed by atoms with van der Waals surface area (Å²) in [6.07, 6.45) is 5.10. The van der Waals surface area contributed by atoms with Crippen molar-refractivity contribution >= 4 is 11.6 Å². The standard InChI is InChI=1S/C14H19ClO/c1-2-14(9-4-3-8-13(14)16)11-6-5-7-12(15)10-11/h5-7,10,13,16H,2-4,8-9H2,1H3. The quantitative estimate of drug-likeness (QED) is 0.828. The first-order chi connectivity index (χ1) is 7.69. The third kappa shape index (κ3) is 1.99. The molecule has 1 N–H and O–H groups in total. The second-order valence-electron chi connectivity index (χ2n) is 4.78. The van der Waals surface area contributed by atoms with Crippen LogP contribution in [0.3, 0.4) is 0 Å². The number of benzene rings is 1. The first-order valence-electron chi connectivity index (χ1n) is 6.13. The maximum Gasteiger partial charge on any atom is 0.0636 e. The van der Waals surface area contributed by atoms with Gasteiger partial charge in [-0.1, -0.05) is 43.5 Å². The molecule has 1 aliphatic carbocycles. The van der Waals surface area contributed by atoms with Crippen LogP contribution in [0.4, 0.5) is 0 Å². The Labute approximate surface area is 102 Å². The summed E-state index contributed by atoms with van der Waals surface area (Å²) in [6.45, 7) is 2.16. The van der Waals surface area contributed by atoms with Crippen LogP contribution in [0.15, 0.2) is 24.3 Å². The lowest BCUT2D eigenvalue weighted by atomic mass is 9.66. The van der Waals surface area contributed by atoms with Crippen LogP contribution < -0.4 is 0 Å². The monoisotopic (exact) mass is 238 g/mol. The largest absolute Gasteiger partial charge is 0.392 e. The van der Waals surface area contributed by atoms with Crippen molar-refractivity contribution < 1.29 is 5.11 Å². The van der Waals surface area contributed by atoms with E-state index in [1.807, 2.05) is 18.2 Å². The van der Waals surface area contributed by atoms with Crippen LogP contribution in [0.1, 0.15) is 44.6 Å². The first-order valence-corrected chi connectivity index (χ1v) is 6.51. The minimum atomic E-state index is -0.218. The highest BCUT2D eigenvalue weighted by Gasteiger charge is 2.39. The van der Waals surface area contributed by atoms with E-state index in [0.717, 1.165) is 30.7 Å². The molecule has 1 aromatic rings. The number of aliphatic hydroxyl groups excluding tert-OH is 1. The molecule has 0 bridgehead atoms. The Morgan fingerprint density at radius 1 is 1.44 bits per heavy atom. The molecule has 1 aromatic carbocycles. The number of hydrogen-bond donors (Lipinski definition) is 1. The van der Waals surface area contributed by atoms with Crippen LogP contribution >= 0.6 is 11.6 Å². The van der Waals surface area contributed by atoms with Crippen molar-refractivity contribution in [3.05, 3.63) is 34.9 Å². The SMILES string of the molecule is CCC1(c2cccc(Cl)c2)CCCCC1O. The summed E-state index contributed by atoms with van der Waals surface area (Å²) in [4.78, 5) is 0. The average Bonchev–Trinajstić information content (AvgIpc) is 2.30. The van der Waals surface area contributed by atoms with Crippen LogP contribution in [0.2, 0.25) is 5.02 Å². The van der Waals surface area contributed by atoms with Gasteiger partial charge in [-0.05, 0) is 37.0 Å². The molecule has 2 rings (SSSR count). The maximum absolute atomic E-state index is 10.3. The predicted octanol–water partition coefficient (Wildman–Crippen LogP) is 3.92. The van der Waals surface area contributed by atoms with E-state index >= 15 is 0 Å². The summed E-state index contributed by atoms with van der Waals surface area (Å²) in [7, 11) is 0. The number of aliphatic hydroxyl groups is 1. The fourth-order valence-electron chi connectivity index (χ4n) is 2.97. The van der Waals surface area contributed by atoms with Gasteiger partial charge in [0.05, 0.1) is 6.10 Å². The lowest BCUT2D eigenvalue weighted by Gasteiger charge is -2.41. The van der Waals surface area contributed by atoms with Crippen molar-refractivity contribution in [2.45, 2.75) is 50.5 Å². The van der Waals surface area contributed by atoms with Gasteiger partial charge < -0.3 is 5.11 Å². The van der Waals surface area contributed by atoms with Gasteiger partial charge in [0.25, 0.3) is 0 Å². The Hall–Kier alpha value is -0.530. The van der Waals surface area contributed by atoms with Crippen LogP contribution in [0, 0.1) is 0 Å². The molecule has 0 saturated heterocycles. The first kappa shape index (κ1) is 11.9. The van der Waals surface area contributed by atoms with Gasteiger partial charge in [-0.2, -0.15) is 0 Å². The summed E-state index contributed by atoms with van der Waals surface area (Å²) in [5.74, 6) is 0. The molecular formula is C14H19ClO. The molecule has 1 fully saturated rings. The van der Waals surface area contributed by atoms with Crippen molar-refractivity contribution in [1.29, 1.82) is 0 Å². The van der Waals surface area contributed by atoms with E-state index in [2.05, 4.69) is 13.0 Å². The van der Waals surface area contributed by atoms with Crippen molar-refractivity contribution in [3.8, 4) is 0 Å². The molecule has 0 aromatic heterocycles. The molecule has 0 amide bonds. The summed E-state index contributed by atoms with van der Waals surface area (Å²) < 4.78 is 0. The predicted molar refractivity (Wildman–Crippen MR) is 67.9 cm³/mol. The second-order valence-corrected chi connectivity index (χ2v) is 5.22. The van der Waals surface area contributed by atoms with Crippen LogP contribution in [0.25, 0.3) is 0 Å². The average molecular weight is 239 g/mol. The van der Waals surface area contributed by atoms with Gasteiger partial charge in [-0.25, -0.2) is 0 Å². The van der Waals surface area contributed by atoms with E-state index in [1.165, 1.54) is 12.0 Å². The molecule has 88 valence electrons. The zero-order valence-electron chi connectivity index (χ0n) is 9.75. The Morgan fingerprint density at radius 2 is 2.25 bits per heavy atom. The van der Waals surface area contributed by atoms with Crippen molar-refractivity contribution in [2.75, 3.05) is 0 Å². The van der Waals surface area contributed by atoms with Gasteiger partial charge in [0, 0.05) is 10.4 Å². The fraction of sp³-hybridized carbons (Fsp3) is 0.571. The molecule has 0 aliphatic heterocycles. The van der Waals surface area contributed by atoms with Crippen LogP contribution in [-0.4, -0.2) is 11.2 Å². The van der Waals surface area contributed by atoms with Crippen molar-refractivity contribution in [1.82, 2.24) is 0 Å². The highest BCUT2D eigenvalue weighted by Crippen LogP contribution is 2.42. The Kier molecular flexibility index (Phi) is 3.56. The molecule has 2 heteroatoms. The van der Waals surface area contributed by atoms with Gasteiger partial charge in [0.15, 0.2) is 0 Å². The Bertz CT molecular complexity index is 364. The Balaban J connectivity index is 2.40. The van der Waals surface area contributed by atoms with E-state index in [1.54, 1.807) is 0 Å². The van der Waals surface area contributed by atoms with Crippen LogP contribution in [-0.2, 0) is 5.41 Å². The molecule has 2 unspecified atom stereocenters. The molecule has 0 heterocycles.